The van der Waals surface area contributed by atoms with E-state index in [1.165, 1.54) is 25.3 Å². The summed E-state index contributed by atoms with van der Waals surface area (Å²) >= 11 is 0. The number of aliphatic imine (C=N–C) groups is 1. The van der Waals surface area contributed by atoms with Crippen molar-refractivity contribution in [2.24, 2.45) is 16.5 Å². The lowest BCUT2D eigenvalue weighted by Gasteiger charge is -1.96. The van der Waals surface area contributed by atoms with Crippen LogP contribution >= 0.6 is 0 Å². The molecule has 0 aliphatic rings. The third-order valence-corrected chi connectivity index (χ3v) is 1.74. The fourth-order valence-electron chi connectivity index (χ4n) is 0.975. The first-order valence-corrected chi connectivity index (χ1v) is 4.98. The summed E-state index contributed by atoms with van der Waals surface area (Å²) < 4.78 is 0. The molecule has 0 saturated heterocycles. The Morgan fingerprint density at radius 2 is 1.93 bits per heavy atom. The zero-order valence-electron chi connectivity index (χ0n) is 8.79. The number of nitrogens with zero attached hydrogens (tertiary/aromatic N) is 1. The summed E-state index contributed by atoms with van der Waals surface area (Å²) in [6.45, 7) is 2.93. The van der Waals surface area contributed by atoms with Crippen molar-refractivity contribution in [2.75, 3.05) is 6.54 Å². The van der Waals surface area contributed by atoms with E-state index in [9.17, 15) is 0 Å². The second-order valence-corrected chi connectivity index (χ2v) is 3.16. The number of hydrogen-bond donors (Lipinski definition) is 3. The number of rotatable bonds is 7. The lowest BCUT2D eigenvalue weighted by atomic mass is 10.2. The molecular formula is C10H20N4. The van der Waals surface area contributed by atoms with Gasteiger partial charge in [0, 0.05) is 6.54 Å². The van der Waals surface area contributed by atoms with E-state index < -0.39 is 0 Å². The summed E-state index contributed by atoms with van der Waals surface area (Å²) in [6.07, 6.45) is 7.74. The van der Waals surface area contributed by atoms with E-state index in [2.05, 4.69) is 11.9 Å². The molecule has 0 heterocycles. The first-order chi connectivity index (χ1) is 6.66. The zero-order chi connectivity index (χ0) is 10.8. The van der Waals surface area contributed by atoms with Crippen LogP contribution in [0, 0.1) is 5.41 Å². The first kappa shape index (κ1) is 12.7. The van der Waals surface area contributed by atoms with Crippen LogP contribution in [0.5, 0.6) is 0 Å². The molecule has 0 unspecified atom stereocenters. The largest absolute Gasteiger partial charge is 0.384 e. The van der Waals surface area contributed by atoms with Gasteiger partial charge in [-0.2, -0.15) is 0 Å². The summed E-state index contributed by atoms with van der Waals surface area (Å²) in [6, 6.07) is 0. The maximum absolute atomic E-state index is 6.94. The van der Waals surface area contributed by atoms with Crippen LogP contribution in [-0.2, 0) is 0 Å². The molecule has 0 aromatic carbocycles. The molecule has 5 N–H and O–H groups in total. The van der Waals surface area contributed by atoms with E-state index in [4.69, 9.17) is 16.9 Å². The van der Waals surface area contributed by atoms with Crippen LogP contribution in [0.3, 0.4) is 0 Å². The van der Waals surface area contributed by atoms with E-state index in [1.807, 2.05) is 0 Å². The van der Waals surface area contributed by atoms with Gasteiger partial charge in [0.1, 0.15) is 11.7 Å². The molecule has 0 bridgehead atoms. The summed E-state index contributed by atoms with van der Waals surface area (Å²) in [5, 5.41) is 6.94. The quantitative estimate of drug-likeness (QED) is 0.326. The number of nitrogens with two attached hydrogens (primary N) is 2. The molecule has 0 spiro atoms. The Morgan fingerprint density at radius 3 is 2.50 bits per heavy atom. The van der Waals surface area contributed by atoms with Crippen molar-refractivity contribution in [3.8, 4) is 0 Å². The van der Waals surface area contributed by atoms with Gasteiger partial charge >= 0.3 is 0 Å². The lowest BCUT2D eigenvalue weighted by Crippen LogP contribution is -2.11. The van der Waals surface area contributed by atoms with Crippen LogP contribution in [0.1, 0.15) is 32.6 Å². The minimum atomic E-state index is -0.00543. The predicted molar refractivity (Wildman–Crippen MR) is 61.7 cm³/mol. The highest BCUT2D eigenvalue weighted by Gasteiger charge is 1.87. The van der Waals surface area contributed by atoms with Crippen molar-refractivity contribution in [1.82, 2.24) is 0 Å². The Kier molecular flexibility index (Phi) is 7.50. The summed E-state index contributed by atoms with van der Waals surface area (Å²) in [7, 11) is 0. The average Bonchev–Trinajstić information content (AvgIpc) is 2.14. The molecule has 0 aliphatic carbocycles. The fraction of sp³-hybridized carbons (Fsp3) is 0.600. The molecule has 0 amide bonds. The topological polar surface area (TPSA) is 88.2 Å². The van der Waals surface area contributed by atoms with Crippen molar-refractivity contribution >= 4 is 11.7 Å². The number of amidine groups is 2. The van der Waals surface area contributed by atoms with E-state index in [0.29, 0.717) is 5.84 Å². The van der Waals surface area contributed by atoms with Crippen molar-refractivity contribution in [3.63, 3.8) is 0 Å². The van der Waals surface area contributed by atoms with E-state index in [1.54, 1.807) is 6.08 Å². The smallest absolute Gasteiger partial charge is 0.118 e. The SMILES string of the molecule is CCCCCCN=C(N)/C=C\C(=N)N. The number of unbranched alkanes of at least 4 members (excludes halogenated alkanes) is 3. The first-order valence-electron chi connectivity index (χ1n) is 4.98. The molecule has 0 aromatic rings. The number of hydrogen-bond acceptors (Lipinski definition) is 2. The van der Waals surface area contributed by atoms with Crippen LogP contribution < -0.4 is 11.5 Å². The van der Waals surface area contributed by atoms with Gasteiger partial charge in [-0.05, 0) is 18.6 Å². The molecule has 80 valence electrons. The molecular weight excluding hydrogens is 176 g/mol. The normalized spacial score (nSPS) is 12.2. The predicted octanol–water partition coefficient (Wildman–Crippen LogP) is 1.42. The van der Waals surface area contributed by atoms with Crippen LogP contribution in [0.4, 0.5) is 0 Å². The van der Waals surface area contributed by atoms with E-state index in [0.717, 1.165) is 13.0 Å². The monoisotopic (exact) mass is 196 g/mol. The standard InChI is InChI=1S/C10H20N4/c1-2-3-4-5-8-14-10(13)7-6-9(11)12/h6-7H,2-5,8H2,1H3,(H3,11,12)(H2,13,14)/b7-6-. The highest BCUT2D eigenvalue weighted by atomic mass is 14.8. The minimum absolute atomic E-state index is 0.00543. The molecule has 0 radical (unpaired) electrons. The van der Waals surface area contributed by atoms with Gasteiger partial charge in [-0.15, -0.1) is 0 Å². The molecule has 4 heteroatoms. The van der Waals surface area contributed by atoms with Gasteiger partial charge < -0.3 is 11.5 Å². The van der Waals surface area contributed by atoms with Gasteiger partial charge in [-0.3, -0.25) is 10.4 Å². The van der Waals surface area contributed by atoms with Gasteiger partial charge in [0.05, 0.1) is 0 Å². The highest BCUT2D eigenvalue weighted by molar-refractivity contribution is 5.99. The van der Waals surface area contributed by atoms with Gasteiger partial charge in [-0.25, -0.2) is 0 Å². The lowest BCUT2D eigenvalue weighted by molar-refractivity contribution is 0.675. The maximum Gasteiger partial charge on any atom is 0.118 e. The molecule has 0 atom stereocenters. The molecule has 0 aromatic heterocycles. The molecule has 4 nitrogen and oxygen atoms in total. The van der Waals surface area contributed by atoms with Gasteiger partial charge in [0.15, 0.2) is 0 Å². The Bertz CT molecular complexity index is 218. The third kappa shape index (κ3) is 8.77. The summed E-state index contributed by atoms with van der Waals surface area (Å²) in [4.78, 5) is 4.12. The van der Waals surface area contributed by atoms with Crippen LogP contribution in [0.15, 0.2) is 17.1 Å². The minimum Gasteiger partial charge on any atom is -0.384 e. The molecule has 0 fully saturated rings. The Hall–Kier alpha value is -1.32. The Labute approximate surface area is 85.6 Å². The second kappa shape index (κ2) is 8.29. The van der Waals surface area contributed by atoms with E-state index >= 15 is 0 Å². The van der Waals surface area contributed by atoms with Crippen LogP contribution in [0.2, 0.25) is 0 Å². The summed E-state index contributed by atoms with van der Waals surface area (Å²) in [5.41, 5.74) is 10.7. The van der Waals surface area contributed by atoms with Crippen molar-refractivity contribution in [1.29, 1.82) is 5.41 Å². The van der Waals surface area contributed by atoms with Crippen molar-refractivity contribution < 1.29 is 0 Å². The molecule has 0 rings (SSSR count). The summed E-state index contributed by atoms with van der Waals surface area (Å²) in [5.74, 6) is 0.436. The molecule has 14 heavy (non-hydrogen) atoms. The average molecular weight is 196 g/mol. The van der Waals surface area contributed by atoms with E-state index in [-0.39, 0.29) is 5.84 Å². The Balaban J connectivity index is 3.61. The third-order valence-electron chi connectivity index (χ3n) is 1.74. The second-order valence-electron chi connectivity index (χ2n) is 3.16. The van der Waals surface area contributed by atoms with Crippen LogP contribution in [-0.4, -0.2) is 18.2 Å². The highest BCUT2D eigenvalue weighted by Crippen LogP contribution is 1.98. The van der Waals surface area contributed by atoms with Crippen molar-refractivity contribution in [3.05, 3.63) is 12.2 Å². The van der Waals surface area contributed by atoms with Gasteiger partial charge in [-0.1, -0.05) is 26.2 Å². The zero-order valence-corrected chi connectivity index (χ0v) is 8.79. The van der Waals surface area contributed by atoms with Crippen LogP contribution in [0.25, 0.3) is 0 Å². The van der Waals surface area contributed by atoms with Gasteiger partial charge in [0.2, 0.25) is 0 Å². The molecule has 0 saturated carbocycles. The molecule has 0 aliphatic heterocycles. The number of nitrogens with one attached hydrogen (secondary N) is 1. The van der Waals surface area contributed by atoms with Gasteiger partial charge in [0.25, 0.3) is 0 Å². The Morgan fingerprint density at radius 1 is 1.21 bits per heavy atom. The maximum atomic E-state index is 6.94. The fourth-order valence-corrected chi connectivity index (χ4v) is 0.975. The van der Waals surface area contributed by atoms with Crippen molar-refractivity contribution in [2.45, 2.75) is 32.6 Å².